The van der Waals surface area contributed by atoms with Gasteiger partial charge in [0.15, 0.2) is 0 Å². The molecular formula is C22H25N5O4S2. The van der Waals surface area contributed by atoms with Crippen LogP contribution in [0.4, 0.5) is 5.69 Å². The lowest BCUT2D eigenvalue weighted by Gasteiger charge is -2.26. The molecule has 0 aliphatic carbocycles. The fraction of sp³-hybridized carbons (Fsp3) is 0.318. The number of amides is 1. The van der Waals surface area contributed by atoms with Gasteiger partial charge in [-0.2, -0.15) is 0 Å². The average molecular weight is 488 g/mol. The SMILES string of the molecule is C[C@@H](Sc1nc(CN2CCOCC2)nc2ccccc12)C(=O)Nc1ccc(S(N)(=O)=O)cc1. The first-order chi connectivity index (χ1) is 15.8. The summed E-state index contributed by atoms with van der Waals surface area (Å²) in [4.78, 5) is 24.5. The van der Waals surface area contributed by atoms with Gasteiger partial charge < -0.3 is 10.1 Å². The third-order valence-electron chi connectivity index (χ3n) is 5.19. The third-order valence-corrected chi connectivity index (χ3v) is 7.22. The van der Waals surface area contributed by atoms with Crippen molar-refractivity contribution in [3.63, 3.8) is 0 Å². The Bertz CT molecular complexity index is 1250. The minimum atomic E-state index is -3.78. The molecule has 2 aromatic carbocycles. The number of anilines is 1. The van der Waals surface area contributed by atoms with E-state index in [4.69, 9.17) is 19.8 Å². The molecule has 1 atom stereocenters. The van der Waals surface area contributed by atoms with Gasteiger partial charge >= 0.3 is 0 Å². The quantitative estimate of drug-likeness (QED) is 0.384. The molecule has 2 heterocycles. The Kier molecular flexibility index (Phi) is 7.25. The number of sulfonamides is 1. The minimum absolute atomic E-state index is 0.0109. The fourth-order valence-electron chi connectivity index (χ4n) is 3.41. The largest absolute Gasteiger partial charge is 0.379 e. The van der Waals surface area contributed by atoms with Gasteiger partial charge in [-0.25, -0.2) is 23.5 Å². The Morgan fingerprint density at radius 2 is 1.85 bits per heavy atom. The van der Waals surface area contributed by atoms with E-state index in [2.05, 4.69) is 10.2 Å². The number of carbonyl (C=O) groups excluding carboxylic acids is 1. The van der Waals surface area contributed by atoms with Gasteiger partial charge in [0.1, 0.15) is 10.9 Å². The molecule has 0 unspecified atom stereocenters. The van der Waals surface area contributed by atoms with Gasteiger partial charge in [0.25, 0.3) is 0 Å². The van der Waals surface area contributed by atoms with Crippen molar-refractivity contribution in [2.75, 3.05) is 31.6 Å². The molecule has 4 rings (SSSR count). The number of fused-ring (bicyclic) bond motifs is 1. The standard InChI is InChI=1S/C22H25N5O4S2/c1-15(21(28)24-16-6-8-17(9-7-16)33(23,29)30)32-22-18-4-2-3-5-19(18)25-20(26-22)14-27-10-12-31-13-11-27/h2-9,15H,10-14H2,1H3,(H,24,28)(H2,23,29,30)/t15-/m1/s1. The van der Waals surface area contributed by atoms with Gasteiger partial charge in [-0.3, -0.25) is 9.69 Å². The van der Waals surface area contributed by atoms with E-state index in [1.807, 2.05) is 24.3 Å². The molecular weight excluding hydrogens is 462 g/mol. The highest BCUT2D eigenvalue weighted by Gasteiger charge is 2.20. The molecule has 3 aromatic rings. The first-order valence-corrected chi connectivity index (χ1v) is 12.9. The monoisotopic (exact) mass is 487 g/mol. The van der Waals surface area contributed by atoms with Crippen LogP contribution in [0.5, 0.6) is 0 Å². The lowest BCUT2D eigenvalue weighted by atomic mass is 10.2. The average Bonchev–Trinajstić information content (AvgIpc) is 2.79. The lowest BCUT2D eigenvalue weighted by Crippen LogP contribution is -2.36. The Labute approximate surface area is 196 Å². The molecule has 33 heavy (non-hydrogen) atoms. The van der Waals surface area contributed by atoms with Crippen LogP contribution in [-0.4, -0.2) is 60.7 Å². The first-order valence-electron chi connectivity index (χ1n) is 10.5. The number of morpholine rings is 1. The molecule has 1 aliphatic rings. The molecule has 1 saturated heterocycles. The summed E-state index contributed by atoms with van der Waals surface area (Å²) in [5, 5.41) is 9.12. The first kappa shape index (κ1) is 23.6. The van der Waals surface area contributed by atoms with E-state index in [0.29, 0.717) is 31.3 Å². The fourth-order valence-corrected chi connectivity index (χ4v) is 4.88. The number of thioether (sulfide) groups is 1. The van der Waals surface area contributed by atoms with Crippen molar-refractivity contribution in [2.24, 2.45) is 5.14 Å². The van der Waals surface area contributed by atoms with Crippen LogP contribution in [0.2, 0.25) is 0 Å². The second-order valence-electron chi connectivity index (χ2n) is 7.67. The van der Waals surface area contributed by atoms with Crippen molar-refractivity contribution in [3.05, 3.63) is 54.4 Å². The number of nitrogens with zero attached hydrogens (tertiary/aromatic N) is 3. The normalized spacial score (nSPS) is 15.9. The molecule has 1 fully saturated rings. The molecule has 1 amide bonds. The molecule has 11 heteroatoms. The number of aromatic nitrogens is 2. The van der Waals surface area contributed by atoms with Crippen LogP contribution in [0.25, 0.3) is 10.9 Å². The summed E-state index contributed by atoms with van der Waals surface area (Å²) >= 11 is 1.36. The smallest absolute Gasteiger partial charge is 0.238 e. The Morgan fingerprint density at radius 3 is 2.55 bits per heavy atom. The Morgan fingerprint density at radius 1 is 1.15 bits per heavy atom. The molecule has 0 bridgehead atoms. The zero-order chi connectivity index (χ0) is 23.4. The second kappa shape index (κ2) is 10.1. The second-order valence-corrected chi connectivity index (χ2v) is 10.6. The summed E-state index contributed by atoms with van der Waals surface area (Å²) in [6.45, 7) is 5.49. The zero-order valence-corrected chi connectivity index (χ0v) is 19.7. The highest BCUT2D eigenvalue weighted by atomic mass is 32.2. The summed E-state index contributed by atoms with van der Waals surface area (Å²) in [6.07, 6.45) is 0. The molecule has 0 saturated carbocycles. The molecule has 174 valence electrons. The number of nitrogens with two attached hydrogens (primary N) is 1. The van der Waals surface area contributed by atoms with Crippen molar-refractivity contribution >= 4 is 44.3 Å². The Balaban J connectivity index is 1.50. The number of hydrogen-bond donors (Lipinski definition) is 2. The Hall–Kier alpha value is -2.57. The summed E-state index contributed by atoms with van der Waals surface area (Å²) in [5.41, 5.74) is 1.32. The van der Waals surface area contributed by atoms with E-state index in [1.54, 1.807) is 6.92 Å². The third kappa shape index (κ3) is 6.06. The van der Waals surface area contributed by atoms with Crippen molar-refractivity contribution in [1.29, 1.82) is 0 Å². The number of rotatable bonds is 7. The number of ether oxygens (including phenoxy) is 1. The van der Waals surface area contributed by atoms with Gasteiger partial charge in [0.2, 0.25) is 15.9 Å². The van der Waals surface area contributed by atoms with Crippen LogP contribution in [0.15, 0.2) is 58.5 Å². The zero-order valence-electron chi connectivity index (χ0n) is 18.1. The summed E-state index contributed by atoms with van der Waals surface area (Å²) in [7, 11) is -3.78. The topological polar surface area (TPSA) is 128 Å². The minimum Gasteiger partial charge on any atom is -0.379 e. The predicted octanol–water partition coefficient (Wildman–Crippen LogP) is 2.23. The van der Waals surface area contributed by atoms with E-state index < -0.39 is 15.3 Å². The van der Waals surface area contributed by atoms with E-state index in [-0.39, 0.29) is 10.8 Å². The van der Waals surface area contributed by atoms with Gasteiger partial charge in [-0.05, 0) is 37.3 Å². The van der Waals surface area contributed by atoms with E-state index in [1.165, 1.54) is 36.0 Å². The predicted molar refractivity (Wildman–Crippen MR) is 127 cm³/mol. The van der Waals surface area contributed by atoms with Crippen molar-refractivity contribution in [2.45, 2.75) is 28.6 Å². The summed E-state index contributed by atoms with van der Waals surface area (Å²) in [6, 6.07) is 13.5. The maximum absolute atomic E-state index is 12.8. The molecule has 0 radical (unpaired) electrons. The molecule has 9 nitrogen and oxygen atoms in total. The highest BCUT2D eigenvalue weighted by molar-refractivity contribution is 8.00. The van der Waals surface area contributed by atoms with Gasteiger partial charge in [-0.15, -0.1) is 0 Å². The van der Waals surface area contributed by atoms with Crippen molar-refractivity contribution in [3.8, 4) is 0 Å². The maximum Gasteiger partial charge on any atom is 0.238 e. The van der Waals surface area contributed by atoms with Crippen LogP contribution in [0.1, 0.15) is 12.7 Å². The van der Waals surface area contributed by atoms with E-state index in [9.17, 15) is 13.2 Å². The highest BCUT2D eigenvalue weighted by Crippen LogP contribution is 2.29. The van der Waals surface area contributed by atoms with E-state index >= 15 is 0 Å². The molecule has 1 aliphatic heterocycles. The number of nitrogens with one attached hydrogen (secondary N) is 1. The van der Waals surface area contributed by atoms with Crippen LogP contribution >= 0.6 is 11.8 Å². The van der Waals surface area contributed by atoms with Crippen molar-refractivity contribution < 1.29 is 17.9 Å². The van der Waals surface area contributed by atoms with Crippen LogP contribution in [0.3, 0.4) is 0 Å². The number of hydrogen-bond acceptors (Lipinski definition) is 8. The van der Waals surface area contributed by atoms with Crippen molar-refractivity contribution in [1.82, 2.24) is 14.9 Å². The van der Waals surface area contributed by atoms with Gasteiger partial charge in [0.05, 0.1) is 35.4 Å². The number of carbonyl (C=O) groups is 1. The van der Waals surface area contributed by atoms with Crippen LogP contribution in [0, 0.1) is 0 Å². The van der Waals surface area contributed by atoms with E-state index in [0.717, 1.165) is 29.0 Å². The van der Waals surface area contributed by atoms with Crippen LogP contribution in [-0.2, 0) is 26.1 Å². The number of primary sulfonamides is 1. The van der Waals surface area contributed by atoms with Crippen LogP contribution < -0.4 is 10.5 Å². The number of benzene rings is 2. The molecule has 0 spiro atoms. The maximum atomic E-state index is 12.8. The number of para-hydroxylation sites is 1. The van der Waals surface area contributed by atoms with Gasteiger partial charge in [-0.1, -0.05) is 30.0 Å². The summed E-state index contributed by atoms with van der Waals surface area (Å²) in [5.74, 6) is 0.491. The van der Waals surface area contributed by atoms with Gasteiger partial charge in [0, 0.05) is 24.2 Å². The molecule has 1 aromatic heterocycles. The molecule has 3 N–H and O–H groups in total. The lowest BCUT2D eigenvalue weighted by molar-refractivity contribution is -0.115. The summed E-state index contributed by atoms with van der Waals surface area (Å²) < 4.78 is 28.2.